The van der Waals surface area contributed by atoms with E-state index in [1.165, 1.54) is 49.7 Å². The third kappa shape index (κ3) is 4.12. The second-order valence-corrected chi connectivity index (χ2v) is 9.61. The van der Waals surface area contributed by atoms with Crippen LogP contribution in [0.3, 0.4) is 0 Å². The molecule has 4 aromatic rings. The molecule has 194 valence electrons. The summed E-state index contributed by atoms with van der Waals surface area (Å²) in [5, 5.41) is 11.6. The SMILES string of the molecule is COc1cc([C@H]2/C(=C(\O)c3ccc(F)cc3)C(=O)C(=O)N2c2nc3ccc(C)cc3s2)cc(OC)c1OC. The molecule has 1 aliphatic heterocycles. The third-order valence-electron chi connectivity index (χ3n) is 6.30. The van der Waals surface area contributed by atoms with Gasteiger partial charge in [-0.1, -0.05) is 17.4 Å². The van der Waals surface area contributed by atoms with Gasteiger partial charge in [0.25, 0.3) is 5.78 Å². The van der Waals surface area contributed by atoms with Crippen LogP contribution in [-0.4, -0.2) is 43.1 Å². The van der Waals surface area contributed by atoms with Crippen molar-refractivity contribution in [3.05, 3.63) is 82.7 Å². The summed E-state index contributed by atoms with van der Waals surface area (Å²) >= 11 is 1.25. The molecule has 1 atom stereocenters. The van der Waals surface area contributed by atoms with Gasteiger partial charge in [0.15, 0.2) is 16.6 Å². The number of aryl methyl sites for hydroxylation is 1. The summed E-state index contributed by atoms with van der Waals surface area (Å²) in [4.78, 5) is 32.9. The minimum Gasteiger partial charge on any atom is -0.507 e. The molecular weight excluding hydrogens is 511 g/mol. The van der Waals surface area contributed by atoms with Gasteiger partial charge in [0.2, 0.25) is 5.75 Å². The van der Waals surface area contributed by atoms with E-state index < -0.39 is 29.3 Å². The number of halogens is 1. The molecule has 8 nitrogen and oxygen atoms in total. The Balaban J connectivity index is 1.78. The van der Waals surface area contributed by atoms with Gasteiger partial charge in [-0.25, -0.2) is 9.37 Å². The average molecular weight is 535 g/mol. The number of methoxy groups -OCH3 is 3. The van der Waals surface area contributed by atoms with E-state index in [1.807, 2.05) is 25.1 Å². The molecule has 38 heavy (non-hydrogen) atoms. The van der Waals surface area contributed by atoms with Crippen LogP contribution in [0.25, 0.3) is 16.0 Å². The molecule has 1 saturated heterocycles. The molecule has 10 heteroatoms. The predicted molar refractivity (Wildman–Crippen MR) is 142 cm³/mol. The number of ketones is 1. The molecule has 0 bridgehead atoms. The van der Waals surface area contributed by atoms with Crippen molar-refractivity contribution in [1.29, 1.82) is 0 Å². The standard InChI is InChI=1S/C28H23FN2O6S/c1-14-5-10-18-21(11-14)38-28(30-18)31-23(16-12-19(35-2)26(37-4)20(13-16)36-3)22(25(33)27(31)34)24(32)15-6-8-17(29)9-7-15/h5-13,23,32H,1-4H3/b24-22+/t23-/m0/s1. The lowest BCUT2D eigenvalue weighted by Crippen LogP contribution is -2.29. The van der Waals surface area contributed by atoms with Gasteiger partial charge in [0.1, 0.15) is 11.6 Å². The maximum atomic E-state index is 13.6. The van der Waals surface area contributed by atoms with Crippen LogP contribution in [-0.2, 0) is 9.59 Å². The van der Waals surface area contributed by atoms with Crippen LogP contribution in [0, 0.1) is 12.7 Å². The fraction of sp³-hybridized carbons (Fsp3) is 0.179. The Labute approximate surface area is 221 Å². The van der Waals surface area contributed by atoms with Gasteiger partial charge in [-0.05, 0) is 66.6 Å². The number of carbonyl (C=O) groups is 2. The number of fused-ring (bicyclic) bond motifs is 1. The maximum absolute atomic E-state index is 13.6. The summed E-state index contributed by atoms with van der Waals surface area (Å²) < 4.78 is 30.9. The van der Waals surface area contributed by atoms with Crippen molar-refractivity contribution in [2.45, 2.75) is 13.0 Å². The number of carbonyl (C=O) groups excluding carboxylic acids is 2. The Morgan fingerprint density at radius 2 is 1.63 bits per heavy atom. The summed E-state index contributed by atoms with van der Waals surface area (Å²) in [6.45, 7) is 1.95. The van der Waals surface area contributed by atoms with Crippen LogP contribution >= 0.6 is 11.3 Å². The minimum atomic E-state index is -1.09. The van der Waals surface area contributed by atoms with E-state index in [0.717, 1.165) is 22.4 Å². The highest BCUT2D eigenvalue weighted by molar-refractivity contribution is 7.22. The minimum absolute atomic E-state index is 0.175. The lowest BCUT2D eigenvalue weighted by atomic mass is 9.94. The number of rotatable bonds is 6. The van der Waals surface area contributed by atoms with Gasteiger partial charge < -0.3 is 19.3 Å². The lowest BCUT2D eigenvalue weighted by Gasteiger charge is -2.24. The fourth-order valence-corrected chi connectivity index (χ4v) is 5.58. The van der Waals surface area contributed by atoms with E-state index in [9.17, 15) is 19.1 Å². The van der Waals surface area contributed by atoms with Crippen LogP contribution in [0.5, 0.6) is 17.2 Å². The highest BCUT2D eigenvalue weighted by Crippen LogP contribution is 2.48. The number of hydrogen-bond donors (Lipinski definition) is 1. The van der Waals surface area contributed by atoms with E-state index in [1.54, 1.807) is 12.1 Å². The number of anilines is 1. The van der Waals surface area contributed by atoms with Crippen LogP contribution in [0.2, 0.25) is 0 Å². The van der Waals surface area contributed by atoms with Crippen LogP contribution in [0.1, 0.15) is 22.7 Å². The van der Waals surface area contributed by atoms with E-state index in [0.29, 0.717) is 28.3 Å². The van der Waals surface area contributed by atoms with Gasteiger partial charge >= 0.3 is 5.91 Å². The Kier molecular flexibility index (Phi) is 6.50. The number of nitrogens with zero attached hydrogens (tertiary/aromatic N) is 2. The first-order valence-corrected chi connectivity index (χ1v) is 12.3. The van der Waals surface area contributed by atoms with Crippen LogP contribution in [0.15, 0.2) is 60.2 Å². The van der Waals surface area contributed by atoms with E-state index in [2.05, 4.69) is 4.98 Å². The lowest BCUT2D eigenvalue weighted by molar-refractivity contribution is -0.132. The number of aromatic nitrogens is 1. The molecule has 3 aromatic carbocycles. The van der Waals surface area contributed by atoms with Crippen molar-refractivity contribution < 1.29 is 33.3 Å². The van der Waals surface area contributed by atoms with Gasteiger partial charge in [-0.2, -0.15) is 0 Å². The van der Waals surface area contributed by atoms with E-state index >= 15 is 0 Å². The number of hydrogen-bond acceptors (Lipinski definition) is 8. The topological polar surface area (TPSA) is 98.2 Å². The molecule has 5 rings (SSSR count). The number of Topliss-reactive ketones (excluding diaryl/α,β-unsaturated/α-hetero) is 1. The summed E-state index contributed by atoms with van der Waals surface area (Å²) in [5.74, 6) is -1.79. The maximum Gasteiger partial charge on any atom is 0.301 e. The average Bonchev–Trinajstić information content (AvgIpc) is 3.45. The monoisotopic (exact) mass is 534 g/mol. The molecule has 0 unspecified atom stereocenters. The molecule has 0 aliphatic carbocycles. The van der Waals surface area contributed by atoms with Gasteiger partial charge in [-0.3, -0.25) is 14.5 Å². The largest absolute Gasteiger partial charge is 0.507 e. The van der Waals surface area contributed by atoms with Gasteiger partial charge in [0, 0.05) is 5.56 Å². The molecule has 0 spiro atoms. The smallest absolute Gasteiger partial charge is 0.301 e. The summed E-state index contributed by atoms with van der Waals surface area (Å²) in [7, 11) is 4.36. The molecule has 1 fully saturated rings. The molecule has 1 N–H and O–H groups in total. The van der Waals surface area contributed by atoms with Crippen molar-refractivity contribution >= 4 is 44.1 Å². The van der Waals surface area contributed by atoms with Gasteiger partial charge in [-0.15, -0.1) is 0 Å². The molecule has 0 saturated carbocycles. The molecule has 1 aromatic heterocycles. The number of benzene rings is 3. The molecule has 0 radical (unpaired) electrons. The normalized spacial score (nSPS) is 16.8. The van der Waals surface area contributed by atoms with Gasteiger partial charge in [0.05, 0.1) is 43.2 Å². The Morgan fingerprint density at radius 1 is 0.974 bits per heavy atom. The molecule has 1 aliphatic rings. The molecular formula is C28H23FN2O6S. The first kappa shape index (κ1) is 25.2. The predicted octanol–water partition coefficient (Wildman–Crippen LogP) is 5.40. The Hall–Kier alpha value is -4.44. The summed E-state index contributed by atoms with van der Waals surface area (Å²) in [5.41, 5.74) is 2.11. The zero-order chi connectivity index (χ0) is 27.1. The zero-order valence-electron chi connectivity index (χ0n) is 20.9. The highest BCUT2D eigenvalue weighted by Gasteiger charge is 2.48. The number of aliphatic hydroxyl groups is 1. The van der Waals surface area contributed by atoms with Crippen molar-refractivity contribution in [3.63, 3.8) is 0 Å². The highest BCUT2D eigenvalue weighted by atomic mass is 32.1. The Bertz CT molecular complexity index is 1590. The third-order valence-corrected chi connectivity index (χ3v) is 7.32. The fourth-order valence-electron chi connectivity index (χ4n) is 4.49. The van der Waals surface area contributed by atoms with Crippen molar-refractivity contribution in [1.82, 2.24) is 4.98 Å². The molecule has 2 heterocycles. The number of aliphatic hydroxyl groups excluding tert-OH is 1. The van der Waals surface area contributed by atoms with Crippen molar-refractivity contribution in [3.8, 4) is 17.2 Å². The second-order valence-electron chi connectivity index (χ2n) is 8.60. The van der Waals surface area contributed by atoms with E-state index in [4.69, 9.17) is 14.2 Å². The summed E-state index contributed by atoms with van der Waals surface area (Å²) in [6.07, 6.45) is 0. The van der Waals surface area contributed by atoms with Crippen LogP contribution in [0.4, 0.5) is 9.52 Å². The zero-order valence-corrected chi connectivity index (χ0v) is 21.8. The quantitative estimate of drug-likeness (QED) is 0.201. The second kappa shape index (κ2) is 9.79. The van der Waals surface area contributed by atoms with E-state index in [-0.39, 0.29) is 16.3 Å². The first-order chi connectivity index (χ1) is 18.3. The number of ether oxygens (including phenoxy) is 3. The number of amides is 1. The molecule has 1 amide bonds. The van der Waals surface area contributed by atoms with Crippen LogP contribution < -0.4 is 19.1 Å². The number of thiazole rings is 1. The first-order valence-electron chi connectivity index (χ1n) is 11.5. The van der Waals surface area contributed by atoms with Crippen molar-refractivity contribution in [2.75, 3.05) is 26.2 Å². The van der Waals surface area contributed by atoms with Crippen molar-refractivity contribution in [2.24, 2.45) is 0 Å². The summed E-state index contributed by atoms with van der Waals surface area (Å²) in [6, 6.07) is 12.8. The Morgan fingerprint density at radius 3 is 2.24 bits per heavy atom.